The molecule has 0 aromatic heterocycles. The molecule has 10 heteroatoms. The lowest BCUT2D eigenvalue weighted by Crippen LogP contribution is -2.39. The number of para-hydroxylation sites is 2. The Bertz CT molecular complexity index is 1330. The second-order valence-electron chi connectivity index (χ2n) is 8.06. The zero-order chi connectivity index (χ0) is 25.0. The number of carbonyl (C=O) groups excluding carboxylic acids is 2. The van der Waals surface area contributed by atoms with Crippen molar-refractivity contribution in [2.24, 2.45) is 5.14 Å². The van der Waals surface area contributed by atoms with E-state index in [4.69, 9.17) is 17.4 Å². The topological polar surface area (TPSA) is 113 Å². The van der Waals surface area contributed by atoms with E-state index in [-0.39, 0.29) is 23.1 Å². The van der Waals surface area contributed by atoms with Gasteiger partial charge in [0.25, 0.3) is 5.91 Å². The Morgan fingerprint density at radius 3 is 2.14 bits per heavy atom. The lowest BCUT2D eigenvalue weighted by atomic mass is 10.1. The number of nitrogens with two attached hydrogens (primary N) is 1. The molecule has 1 saturated heterocycles. The van der Waals surface area contributed by atoms with Crippen molar-refractivity contribution in [3.8, 4) is 0 Å². The first-order chi connectivity index (χ1) is 16.7. The molecule has 0 aliphatic carbocycles. The number of carbonyl (C=O) groups is 2. The van der Waals surface area contributed by atoms with Crippen LogP contribution >= 0.6 is 12.2 Å². The molecule has 1 aliphatic rings. The van der Waals surface area contributed by atoms with Gasteiger partial charge in [-0.2, -0.15) is 0 Å². The van der Waals surface area contributed by atoms with Gasteiger partial charge in [0.1, 0.15) is 6.04 Å². The highest BCUT2D eigenvalue weighted by Crippen LogP contribution is 2.27. The molecule has 35 heavy (non-hydrogen) atoms. The number of benzene rings is 3. The lowest BCUT2D eigenvalue weighted by Gasteiger charge is -2.24. The fraction of sp³-hybridized carbons (Fsp3) is 0.160. The summed E-state index contributed by atoms with van der Waals surface area (Å²) in [5.74, 6) is -0.566. The van der Waals surface area contributed by atoms with E-state index in [1.165, 1.54) is 17.0 Å². The van der Waals surface area contributed by atoms with Crippen molar-refractivity contribution in [3.63, 3.8) is 0 Å². The van der Waals surface area contributed by atoms with Gasteiger partial charge in [-0.05, 0) is 60.6 Å². The van der Waals surface area contributed by atoms with Gasteiger partial charge in [0.2, 0.25) is 15.9 Å². The molecule has 1 heterocycles. The van der Waals surface area contributed by atoms with Gasteiger partial charge in [0.15, 0.2) is 5.11 Å². The predicted molar refractivity (Wildman–Crippen MR) is 138 cm³/mol. The van der Waals surface area contributed by atoms with E-state index in [9.17, 15) is 18.0 Å². The number of hydrogen-bond donors (Lipinski definition) is 2. The van der Waals surface area contributed by atoms with Crippen molar-refractivity contribution >= 4 is 50.5 Å². The average molecular weight is 509 g/mol. The minimum Gasteiger partial charge on any atom is -0.336 e. The van der Waals surface area contributed by atoms with Crippen LogP contribution in [-0.2, 0) is 26.0 Å². The largest absolute Gasteiger partial charge is 0.336 e. The summed E-state index contributed by atoms with van der Waals surface area (Å²) in [4.78, 5) is 29.4. The van der Waals surface area contributed by atoms with E-state index in [0.717, 1.165) is 5.56 Å². The Morgan fingerprint density at radius 2 is 1.54 bits per heavy atom. The quantitative estimate of drug-likeness (QED) is 0.453. The standard InChI is InChI=1S/C25H24N4O4S2/c26-35(32,33)21-13-11-18(12-14-21)15-16-28-22(17-23(30)27-19-7-3-1-4-8-19)24(31)29(25(28)34)20-9-5-2-6-10-20/h1-14,22H,15-17H2,(H,27,30)(H2,26,32,33)/t22-/m0/s1. The molecule has 1 atom stereocenters. The highest BCUT2D eigenvalue weighted by atomic mass is 32.2. The molecule has 3 aromatic rings. The normalized spacial score (nSPS) is 16.0. The van der Waals surface area contributed by atoms with Gasteiger partial charge in [-0.25, -0.2) is 13.6 Å². The molecule has 0 saturated carbocycles. The Labute approximate surface area is 209 Å². The van der Waals surface area contributed by atoms with Gasteiger partial charge in [-0.1, -0.05) is 48.5 Å². The first-order valence-corrected chi connectivity index (χ1v) is 12.9. The maximum absolute atomic E-state index is 13.4. The van der Waals surface area contributed by atoms with Crippen molar-refractivity contribution in [2.75, 3.05) is 16.8 Å². The number of nitrogens with zero attached hydrogens (tertiary/aromatic N) is 2. The molecule has 0 spiro atoms. The van der Waals surface area contributed by atoms with Gasteiger partial charge in [0, 0.05) is 12.2 Å². The highest BCUT2D eigenvalue weighted by molar-refractivity contribution is 7.89. The lowest BCUT2D eigenvalue weighted by molar-refractivity contribution is -0.124. The van der Waals surface area contributed by atoms with Gasteiger partial charge in [0.05, 0.1) is 17.0 Å². The molecular formula is C25H24N4O4S2. The summed E-state index contributed by atoms with van der Waals surface area (Å²) < 4.78 is 23.0. The third-order valence-corrected chi connectivity index (χ3v) is 7.01. The number of anilines is 2. The fourth-order valence-corrected chi connectivity index (χ4v) is 4.84. The molecule has 3 N–H and O–H groups in total. The third-order valence-electron chi connectivity index (χ3n) is 5.66. The Morgan fingerprint density at radius 1 is 0.943 bits per heavy atom. The zero-order valence-electron chi connectivity index (χ0n) is 18.7. The fourth-order valence-electron chi connectivity index (χ4n) is 3.91. The number of thiocarbonyl (C=S) groups is 1. The van der Waals surface area contributed by atoms with Gasteiger partial charge in [-0.15, -0.1) is 0 Å². The Hall–Kier alpha value is -3.60. The first kappa shape index (κ1) is 24.5. The Kier molecular flexibility index (Phi) is 7.25. The number of sulfonamides is 1. The van der Waals surface area contributed by atoms with Crippen LogP contribution in [0.25, 0.3) is 0 Å². The smallest absolute Gasteiger partial charge is 0.256 e. The molecule has 1 fully saturated rings. The molecule has 8 nitrogen and oxygen atoms in total. The van der Waals surface area contributed by atoms with Crippen molar-refractivity contribution in [1.82, 2.24) is 4.90 Å². The second-order valence-corrected chi connectivity index (χ2v) is 9.98. The van der Waals surface area contributed by atoms with Crippen LogP contribution in [0.15, 0.2) is 89.8 Å². The summed E-state index contributed by atoms with van der Waals surface area (Å²) in [7, 11) is -3.78. The third kappa shape index (κ3) is 5.73. The molecule has 1 aliphatic heterocycles. The maximum Gasteiger partial charge on any atom is 0.256 e. The molecule has 2 amide bonds. The molecule has 0 unspecified atom stereocenters. The zero-order valence-corrected chi connectivity index (χ0v) is 20.3. The van der Waals surface area contributed by atoms with Crippen LogP contribution in [0.4, 0.5) is 11.4 Å². The predicted octanol–water partition coefficient (Wildman–Crippen LogP) is 2.91. The van der Waals surface area contributed by atoms with Crippen LogP contribution in [0, 0.1) is 0 Å². The summed E-state index contributed by atoms with van der Waals surface area (Å²) in [6.45, 7) is 0.367. The van der Waals surface area contributed by atoms with Crippen LogP contribution in [0.1, 0.15) is 12.0 Å². The van der Waals surface area contributed by atoms with Gasteiger partial charge < -0.3 is 10.2 Å². The van der Waals surface area contributed by atoms with E-state index < -0.39 is 16.1 Å². The second kappa shape index (κ2) is 10.3. The van der Waals surface area contributed by atoms with E-state index in [0.29, 0.717) is 29.5 Å². The molecule has 0 radical (unpaired) electrons. The van der Waals surface area contributed by atoms with Crippen molar-refractivity contribution in [3.05, 3.63) is 90.5 Å². The van der Waals surface area contributed by atoms with Crippen molar-refractivity contribution in [1.29, 1.82) is 0 Å². The van der Waals surface area contributed by atoms with E-state index in [1.54, 1.807) is 41.3 Å². The molecule has 4 rings (SSSR count). The Balaban J connectivity index is 1.54. The molecule has 0 bridgehead atoms. The summed E-state index contributed by atoms with van der Waals surface area (Å²) in [5.41, 5.74) is 2.13. The van der Waals surface area contributed by atoms with Crippen LogP contribution < -0.4 is 15.4 Å². The summed E-state index contributed by atoms with van der Waals surface area (Å²) >= 11 is 5.67. The maximum atomic E-state index is 13.4. The summed E-state index contributed by atoms with van der Waals surface area (Å²) in [6.07, 6.45) is 0.416. The van der Waals surface area contributed by atoms with Gasteiger partial charge >= 0.3 is 0 Å². The number of rotatable bonds is 8. The van der Waals surface area contributed by atoms with Crippen LogP contribution in [0.3, 0.4) is 0 Å². The van der Waals surface area contributed by atoms with Crippen LogP contribution in [0.2, 0.25) is 0 Å². The van der Waals surface area contributed by atoms with E-state index >= 15 is 0 Å². The minimum atomic E-state index is -3.78. The molecule has 3 aromatic carbocycles. The molecule has 180 valence electrons. The number of hydrogen-bond acceptors (Lipinski definition) is 5. The monoisotopic (exact) mass is 508 g/mol. The first-order valence-electron chi connectivity index (χ1n) is 10.9. The number of nitrogens with one attached hydrogen (secondary N) is 1. The number of amides is 2. The van der Waals surface area contributed by atoms with Crippen LogP contribution in [0.5, 0.6) is 0 Å². The summed E-state index contributed by atoms with van der Waals surface area (Å²) in [6, 6.07) is 23.6. The van der Waals surface area contributed by atoms with Crippen LogP contribution in [-0.4, -0.2) is 42.8 Å². The minimum absolute atomic E-state index is 0.0267. The van der Waals surface area contributed by atoms with Crippen molar-refractivity contribution in [2.45, 2.75) is 23.8 Å². The van der Waals surface area contributed by atoms with Gasteiger partial charge in [-0.3, -0.25) is 14.5 Å². The molecular weight excluding hydrogens is 484 g/mol. The highest BCUT2D eigenvalue weighted by Gasteiger charge is 2.43. The van der Waals surface area contributed by atoms with Crippen molar-refractivity contribution < 1.29 is 18.0 Å². The number of primary sulfonamides is 1. The van der Waals surface area contributed by atoms with E-state index in [1.807, 2.05) is 36.4 Å². The summed E-state index contributed by atoms with van der Waals surface area (Å²) in [5, 5.41) is 8.31. The average Bonchev–Trinajstić information content (AvgIpc) is 3.07. The SMILES string of the molecule is NS(=O)(=O)c1ccc(CCN2C(=S)N(c3ccccc3)C(=O)[C@@H]2CC(=O)Nc2ccccc2)cc1. The van der Waals surface area contributed by atoms with E-state index in [2.05, 4.69) is 5.32 Å².